The van der Waals surface area contributed by atoms with Crippen molar-refractivity contribution in [3.63, 3.8) is 0 Å². The van der Waals surface area contributed by atoms with E-state index in [1.165, 1.54) is 23.7 Å². The zero-order valence-corrected chi connectivity index (χ0v) is 16.9. The molecule has 2 atom stereocenters. The molecule has 2 aliphatic rings. The quantitative estimate of drug-likeness (QED) is 0.582. The van der Waals surface area contributed by atoms with Gasteiger partial charge in [-0.15, -0.1) is 5.10 Å². The van der Waals surface area contributed by atoms with Crippen LogP contribution in [0.4, 0.5) is 0 Å². The fraction of sp³-hybridized carbons (Fsp3) is 0.524. The number of ketones is 1. The molecule has 136 valence electrons. The predicted molar refractivity (Wildman–Crippen MR) is 104 cm³/mol. The van der Waals surface area contributed by atoms with Gasteiger partial charge in [0.2, 0.25) is 5.16 Å². The zero-order valence-electron chi connectivity index (χ0n) is 16.1. The van der Waals surface area contributed by atoms with Crippen LogP contribution >= 0.6 is 11.8 Å². The second-order valence-corrected chi connectivity index (χ2v) is 9.43. The number of nitrogens with zero attached hydrogens (tertiary/aromatic N) is 3. The molecule has 0 unspecified atom stereocenters. The van der Waals surface area contributed by atoms with Gasteiger partial charge in [-0.05, 0) is 49.3 Å². The zero-order chi connectivity index (χ0) is 18.7. The number of hydrogen-bond donors (Lipinski definition) is 0. The largest absolute Gasteiger partial charge is 0.293 e. The highest BCUT2D eigenvalue weighted by Crippen LogP contribution is 2.66. The Hall–Kier alpha value is -1.75. The summed E-state index contributed by atoms with van der Waals surface area (Å²) in [6.07, 6.45) is 2.33. The second-order valence-electron chi connectivity index (χ2n) is 8.48. The minimum atomic E-state index is 0.0658. The summed E-state index contributed by atoms with van der Waals surface area (Å²) in [7, 11) is 0. The lowest BCUT2D eigenvalue weighted by atomic mass is 9.70. The first-order valence-electron chi connectivity index (χ1n) is 9.22. The van der Waals surface area contributed by atoms with Crippen molar-refractivity contribution in [2.24, 2.45) is 5.41 Å². The summed E-state index contributed by atoms with van der Waals surface area (Å²) in [6, 6.07) is 5.86. The monoisotopic (exact) mass is 367 g/mol. The van der Waals surface area contributed by atoms with Gasteiger partial charge in [-0.3, -0.25) is 4.79 Å². The first kappa shape index (κ1) is 17.7. The third kappa shape index (κ3) is 2.43. The van der Waals surface area contributed by atoms with Gasteiger partial charge in [-0.2, -0.15) is 5.10 Å². The van der Waals surface area contributed by atoms with Crippen LogP contribution in [-0.2, 0) is 5.41 Å². The molecule has 4 rings (SSSR count). The van der Waals surface area contributed by atoms with Crippen molar-refractivity contribution in [1.29, 1.82) is 0 Å². The molecule has 1 aromatic carbocycles. The highest BCUT2D eigenvalue weighted by molar-refractivity contribution is 7.99. The summed E-state index contributed by atoms with van der Waals surface area (Å²) in [4.78, 5) is 17.3. The lowest BCUT2D eigenvalue weighted by molar-refractivity contribution is 0.102. The molecule has 4 nitrogen and oxygen atoms in total. The average molecular weight is 368 g/mol. The maximum atomic E-state index is 12.5. The topological polar surface area (TPSA) is 55.7 Å². The Kier molecular flexibility index (Phi) is 3.99. The smallest absolute Gasteiger partial charge is 0.209 e. The number of aromatic nitrogens is 3. The van der Waals surface area contributed by atoms with Gasteiger partial charge in [-0.25, -0.2) is 4.98 Å². The molecule has 0 aliphatic heterocycles. The number of carbonyl (C=O) groups is 1. The van der Waals surface area contributed by atoms with Gasteiger partial charge in [0, 0.05) is 16.9 Å². The summed E-state index contributed by atoms with van der Waals surface area (Å²) in [5, 5.41) is 9.44. The SMILES string of the molecule is Cc1ccc(C(=O)CSc2nnc3c(n2)[C@]2(C)CC[C@@H]3C2(C)C)cc1C. The van der Waals surface area contributed by atoms with E-state index in [4.69, 9.17) is 4.98 Å². The summed E-state index contributed by atoms with van der Waals surface area (Å²) in [5.74, 6) is 0.904. The first-order chi connectivity index (χ1) is 12.2. The summed E-state index contributed by atoms with van der Waals surface area (Å²) in [6.45, 7) is 11.0. The standard InChI is InChI=1S/C21H25N3OS/c1-12-6-7-14(10-13(12)2)16(25)11-26-19-22-18-17(23-24-19)15-8-9-21(18,5)20(15,3)4/h6-7,10,15H,8-9,11H2,1-5H3/t15-,21-/m0/s1. The second kappa shape index (κ2) is 5.88. The number of fused-ring (bicyclic) bond motifs is 5. The third-order valence-corrected chi connectivity index (χ3v) is 7.77. The van der Waals surface area contributed by atoms with Crippen LogP contribution in [-0.4, -0.2) is 26.7 Å². The average Bonchev–Trinajstić information content (AvgIpc) is 2.94. The van der Waals surface area contributed by atoms with Crippen molar-refractivity contribution in [2.75, 3.05) is 5.75 Å². The van der Waals surface area contributed by atoms with Crippen molar-refractivity contribution < 1.29 is 4.79 Å². The Morgan fingerprint density at radius 3 is 2.69 bits per heavy atom. The fourth-order valence-electron chi connectivity index (χ4n) is 4.55. The van der Waals surface area contributed by atoms with Crippen LogP contribution in [0.25, 0.3) is 0 Å². The van der Waals surface area contributed by atoms with Gasteiger partial charge < -0.3 is 0 Å². The molecule has 0 saturated heterocycles. The normalized spacial score (nSPS) is 25.3. The Labute approximate surface area is 159 Å². The van der Waals surface area contributed by atoms with E-state index in [9.17, 15) is 4.79 Å². The van der Waals surface area contributed by atoms with Gasteiger partial charge in [-0.1, -0.05) is 44.7 Å². The van der Waals surface area contributed by atoms with E-state index >= 15 is 0 Å². The first-order valence-corrected chi connectivity index (χ1v) is 10.2. The fourth-order valence-corrected chi connectivity index (χ4v) is 5.23. The van der Waals surface area contributed by atoms with Crippen LogP contribution in [0.5, 0.6) is 0 Å². The molecule has 26 heavy (non-hydrogen) atoms. The molecule has 1 fully saturated rings. The lowest BCUT2D eigenvalue weighted by Gasteiger charge is -2.33. The highest BCUT2D eigenvalue weighted by atomic mass is 32.2. The number of hydrogen-bond acceptors (Lipinski definition) is 5. The minimum Gasteiger partial charge on any atom is -0.293 e. The Balaban J connectivity index is 1.53. The van der Waals surface area contributed by atoms with E-state index < -0.39 is 0 Å². The number of thioether (sulfide) groups is 1. The van der Waals surface area contributed by atoms with Crippen LogP contribution in [0.15, 0.2) is 23.4 Å². The van der Waals surface area contributed by atoms with Gasteiger partial charge in [0.15, 0.2) is 5.78 Å². The van der Waals surface area contributed by atoms with E-state index in [0.717, 1.165) is 28.9 Å². The molecular weight excluding hydrogens is 342 g/mol. The van der Waals surface area contributed by atoms with E-state index in [2.05, 4.69) is 37.9 Å². The molecule has 2 bridgehead atoms. The summed E-state index contributed by atoms with van der Waals surface area (Å²) >= 11 is 1.39. The number of carbonyl (C=O) groups excluding carboxylic acids is 1. The molecule has 1 heterocycles. The van der Waals surface area contributed by atoms with Crippen LogP contribution in [0.1, 0.15) is 72.4 Å². The highest BCUT2D eigenvalue weighted by Gasteiger charge is 2.61. The summed E-state index contributed by atoms with van der Waals surface area (Å²) < 4.78 is 0. The molecular formula is C21H25N3OS. The molecule has 2 aliphatic carbocycles. The van der Waals surface area contributed by atoms with E-state index in [0.29, 0.717) is 16.8 Å². The molecule has 0 N–H and O–H groups in total. The number of Topliss-reactive ketones (excluding diaryl/α,β-unsaturated/α-hetero) is 1. The van der Waals surface area contributed by atoms with Gasteiger partial charge >= 0.3 is 0 Å². The number of aryl methyl sites for hydroxylation is 2. The van der Waals surface area contributed by atoms with E-state index in [1.807, 2.05) is 25.1 Å². The van der Waals surface area contributed by atoms with Gasteiger partial charge in [0.05, 0.1) is 17.1 Å². The third-order valence-electron chi connectivity index (χ3n) is 6.93. The molecule has 5 heteroatoms. The van der Waals surface area contributed by atoms with E-state index in [1.54, 1.807) is 0 Å². The Bertz CT molecular complexity index is 908. The van der Waals surface area contributed by atoms with Crippen molar-refractivity contribution in [2.45, 2.75) is 63.9 Å². The van der Waals surface area contributed by atoms with E-state index in [-0.39, 0.29) is 16.6 Å². The molecule has 1 saturated carbocycles. The van der Waals surface area contributed by atoms with Crippen LogP contribution in [0, 0.1) is 19.3 Å². The van der Waals surface area contributed by atoms with Crippen LogP contribution < -0.4 is 0 Å². The number of rotatable bonds is 4. The van der Waals surface area contributed by atoms with Crippen LogP contribution in [0.3, 0.4) is 0 Å². The Morgan fingerprint density at radius 1 is 1.19 bits per heavy atom. The molecule has 0 amide bonds. The molecule has 0 spiro atoms. The van der Waals surface area contributed by atoms with Gasteiger partial charge in [0.1, 0.15) is 0 Å². The van der Waals surface area contributed by atoms with Crippen molar-refractivity contribution >= 4 is 17.5 Å². The van der Waals surface area contributed by atoms with Crippen molar-refractivity contribution in [3.05, 3.63) is 46.3 Å². The van der Waals surface area contributed by atoms with Crippen molar-refractivity contribution in [3.8, 4) is 0 Å². The van der Waals surface area contributed by atoms with Crippen molar-refractivity contribution in [1.82, 2.24) is 15.2 Å². The summed E-state index contributed by atoms with van der Waals surface area (Å²) in [5.41, 5.74) is 5.52. The number of benzene rings is 1. The molecule has 2 aromatic rings. The lowest BCUT2D eigenvalue weighted by Crippen LogP contribution is -2.32. The molecule has 0 radical (unpaired) electrons. The van der Waals surface area contributed by atoms with Crippen LogP contribution in [0.2, 0.25) is 0 Å². The van der Waals surface area contributed by atoms with Gasteiger partial charge in [0.25, 0.3) is 0 Å². The molecule has 1 aromatic heterocycles. The maximum Gasteiger partial charge on any atom is 0.209 e. The Morgan fingerprint density at radius 2 is 1.96 bits per heavy atom. The maximum absolute atomic E-state index is 12.5. The minimum absolute atomic E-state index is 0.0658. The predicted octanol–water partition coefficient (Wildman–Crippen LogP) is 4.64.